The van der Waals surface area contributed by atoms with Gasteiger partial charge in [0.15, 0.2) is 0 Å². The van der Waals surface area contributed by atoms with E-state index in [4.69, 9.17) is 5.11 Å². The van der Waals surface area contributed by atoms with E-state index in [-0.39, 0.29) is 5.88 Å². The first kappa shape index (κ1) is 7.53. The fourth-order valence-electron chi connectivity index (χ4n) is 0.654. The van der Waals surface area contributed by atoms with Crippen LogP contribution in [0.5, 0.6) is 5.88 Å². The molecule has 1 aromatic rings. The minimum Gasteiger partial charge on any atom is -0.449 e. The maximum Gasteiger partial charge on any atom is 0.512 e. The first-order valence-corrected chi connectivity index (χ1v) is 3.02. The molecule has 0 unspecified atom stereocenters. The summed E-state index contributed by atoms with van der Waals surface area (Å²) in [6, 6.07) is 3.31. The maximum atomic E-state index is 10.0. The zero-order valence-corrected chi connectivity index (χ0v) is 5.94. The predicted molar refractivity (Wildman–Crippen MR) is 37.6 cm³/mol. The molecule has 0 spiro atoms. The van der Waals surface area contributed by atoms with Crippen LogP contribution in [0.25, 0.3) is 0 Å². The Morgan fingerprint density at radius 3 is 3.00 bits per heavy atom. The van der Waals surface area contributed by atoms with Gasteiger partial charge >= 0.3 is 6.16 Å². The lowest BCUT2D eigenvalue weighted by molar-refractivity contribution is 0.142. The van der Waals surface area contributed by atoms with Gasteiger partial charge < -0.3 is 9.84 Å². The molecule has 0 aromatic carbocycles. The van der Waals surface area contributed by atoms with Gasteiger partial charge in [0.05, 0.1) is 0 Å². The first-order valence-electron chi connectivity index (χ1n) is 3.02. The van der Waals surface area contributed by atoms with E-state index in [0.29, 0.717) is 0 Å². The molecule has 0 aliphatic heterocycles. The molecule has 11 heavy (non-hydrogen) atoms. The summed E-state index contributed by atoms with van der Waals surface area (Å²) in [6.07, 6.45) is 0.149. The molecule has 58 valence electrons. The average Bonchev–Trinajstić information content (AvgIpc) is 1.85. The van der Waals surface area contributed by atoms with Crippen LogP contribution in [0.1, 0.15) is 5.56 Å². The third-order valence-corrected chi connectivity index (χ3v) is 1.08. The van der Waals surface area contributed by atoms with Gasteiger partial charge in [-0.25, -0.2) is 9.78 Å². The summed E-state index contributed by atoms with van der Waals surface area (Å²) in [5.41, 5.74) is 0.913. The summed E-state index contributed by atoms with van der Waals surface area (Å²) in [6.45, 7) is 1.83. The molecule has 0 amide bonds. The van der Waals surface area contributed by atoms with Gasteiger partial charge in [-0.2, -0.15) is 0 Å². The number of hydrogen-bond acceptors (Lipinski definition) is 3. The molecule has 1 aromatic heterocycles. The van der Waals surface area contributed by atoms with E-state index in [9.17, 15) is 4.79 Å². The number of aromatic nitrogens is 1. The van der Waals surface area contributed by atoms with Crippen molar-refractivity contribution in [1.82, 2.24) is 4.98 Å². The highest BCUT2D eigenvalue weighted by Gasteiger charge is 2.00. The molecule has 1 heterocycles. The summed E-state index contributed by atoms with van der Waals surface area (Å²) in [7, 11) is 0. The number of carboxylic acid groups (broad SMARTS) is 1. The van der Waals surface area contributed by atoms with Crippen LogP contribution in [0.15, 0.2) is 18.3 Å². The van der Waals surface area contributed by atoms with Gasteiger partial charge in [-0.3, -0.25) is 0 Å². The second-order valence-corrected chi connectivity index (χ2v) is 2.04. The predicted octanol–water partition coefficient (Wildman–Crippen LogP) is 1.45. The number of aryl methyl sites for hydroxylation is 1. The van der Waals surface area contributed by atoms with Crippen LogP contribution in [0.4, 0.5) is 4.79 Å². The van der Waals surface area contributed by atoms with Crippen molar-refractivity contribution in [3.63, 3.8) is 0 Å². The normalized spacial score (nSPS) is 9.18. The first-order chi connectivity index (χ1) is 5.18. The van der Waals surface area contributed by atoms with Crippen LogP contribution in [-0.4, -0.2) is 16.2 Å². The van der Waals surface area contributed by atoms with Crippen LogP contribution in [0, 0.1) is 6.92 Å². The molecular weight excluding hydrogens is 146 g/mol. The van der Waals surface area contributed by atoms with Crippen LogP contribution < -0.4 is 4.74 Å². The van der Waals surface area contributed by atoms with Gasteiger partial charge in [0, 0.05) is 12.3 Å². The van der Waals surface area contributed by atoms with Crippen molar-refractivity contribution in [2.24, 2.45) is 0 Å². The van der Waals surface area contributed by atoms with Crippen molar-refractivity contribution < 1.29 is 14.6 Å². The molecule has 0 aliphatic rings. The lowest BCUT2D eigenvalue weighted by Gasteiger charge is -1.97. The molecular formula is C7H7NO3. The zero-order chi connectivity index (χ0) is 8.27. The molecule has 0 bridgehead atoms. The lowest BCUT2D eigenvalue weighted by Crippen LogP contribution is -2.04. The molecule has 0 saturated heterocycles. The summed E-state index contributed by atoms with van der Waals surface area (Å²) >= 11 is 0. The summed E-state index contributed by atoms with van der Waals surface area (Å²) in [5.74, 6) is 0.109. The van der Waals surface area contributed by atoms with E-state index >= 15 is 0 Å². The largest absolute Gasteiger partial charge is 0.512 e. The highest BCUT2D eigenvalue weighted by molar-refractivity contribution is 5.60. The Balaban J connectivity index is 2.79. The van der Waals surface area contributed by atoms with Gasteiger partial charge in [0.25, 0.3) is 0 Å². The standard InChI is InChI=1S/C7H7NO3/c1-5-2-3-8-6(4-5)11-7(9)10/h2-4H,1H3,(H,9,10). The lowest BCUT2D eigenvalue weighted by atomic mass is 10.3. The molecule has 4 heteroatoms. The van der Waals surface area contributed by atoms with Crippen molar-refractivity contribution >= 4 is 6.16 Å². The van der Waals surface area contributed by atoms with E-state index in [1.165, 1.54) is 6.20 Å². The molecule has 4 nitrogen and oxygen atoms in total. The van der Waals surface area contributed by atoms with Crippen LogP contribution in [-0.2, 0) is 0 Å². The number of carbonyl (C=O) groups is 1. The smallest absolute Gasteiger partial charge is 0.449 e. The van der Waals surface area contributed by atoms with Gasteiger partial charge in [-0.1, -0.05) is 0 Å². The van der Waals surface area contributed by atoms with Crippen molar-refractivity contribution in [2.75, 3.05) is 0 Å². The Morgan fingerprint density at radius 2 is 2.45 bits per heavy atom. The van der Waals surface area contributed by atoms with E-state index < -0.39 is 6.16 Å². The molecule has 0 radical (unpaired) electrons. The van der Waals surface area contributed by atoms with Crippen molar-refractivity contribution in [3.05, 3.63) is 23.9 Å². The molecule has 0 aliphatic carbocycles. The van der Waals surface area contributed by atoms with Gasteiger partial charge in [0.1, 0.15) is 0 Å². The summed E-state index contributed by atoms with van der Waals surface area (Å²) in [5, 5.41) is 8.20. The van der Waals surface area contributed by atoms with E-state index in [0.717, 1.165) is 5.56 Å². The minimum absolute atomic E-state index is 0.109. The highest BCUT2D eigenvalue weighted by Crippen LogP contribution is 2.07. The quantitative estimate of drug-likeness (QED) is 0.620. The zero-order valence-electron chi connectivity index (χ0n) is 5.94. The third kappa shape index (κ3) is 2.25. The van der Waals surface area contributed by atoms with Crippen LogP contribution in [0.2, 0.25) is 0 Å². The van der Waals surface area contributed by atoms with Crippen molar-refractivity contribution in [3.8, 4) is 5.88 Å². The highest BCUT2D eigenvalue weighted by atomic mass is 16.7. The van der Waals surface area contributed by atoms with Crippen molar-refractivity contribution in [2.45, 2.75) is 6.92 Å². The minimum atomic E-state index is -1.34. The average molecular weight is 153 g/mol. The molecule has 1 rings (SSSR count). The number of pyridine rings is 1. The Kier molecular flexibility index (Phi) is 2.06. The Labute approximate surface area is 63.5 Å². The SMILES string of the molecule is Cc1ccnc(OC(=O)O)c1. The third-order valence-electron chi connectivity index (χ3n) is 1.08. The number of nitrogens with zero attached hydrogens (tertiary/aromatic N) is 1. The molecule has 1 N–H and O–H groups in total. The molecule has 0 atom stereocenters. The fourth-order valence-corrected chi connectivity index (χ4v) is 0.654. The monoisotopic (exact) mass is 153 g/mol. The van der Waals surface area contributed by atoms with Gasteiger partial charge in [-0.05, 0) is 18.6 Å². The second-order valence-electron chi connectivity index (χ2n) is 2.04. The summed E-state index contributed by atoms with van der Waals surface area (Å²) < 4.78 is 4.30. The number of hydrogen-bond donors (Lipinski definition) is 1. The van der Waals surface area contributed by atoms with Gasteiger partial charge in [-0.15, -0.1) is 0 Å². The molecule has 0 fully saturated rings. The van der Waals surface area contributed by atoms with Crippen LogP contribution >= 0.6 is 0 Å². The summed E-state index contributed by atoms with van der Waals surface area (Å²) in [4.78, 5) is 13.7. The van der Waals surface area contributed by atoms with E-state index in [1.54, 1.807) is 12.1 Å². The van der Waals surface area contributed by atoms with E-state index in [2.05, 4.69) is 9.72 Å². The van der Waals surface area contributed by atoms with E-state index in [1.807, 2.05) is 6.92 Å². The van der Waals surface area contributed by atoms with Gasteiger partial charge in [0.2, 0.25) is 5.88 Å². The topological polar surface area (TPSA) is 59.4 Å². The fraction of sp³-hybridized carbons (Fsp3) is 0.143. The Hall–Kier alpha value is -1.58. The number of rotatable bonds is 1. The Bertz CT molecular complexity index is 272. The van der Waals surface area contributed by atoms with Crippen LogP contribution in [0.3, 0.4) is 0 Å². The molecule has 0 saturated carbocycles. The van der Waals surface area contributed by atoms with Crippen molar-refractivity contribution in [1.29, 1.82) is 0 Å². The number of ether oxygens (including phenoxy) is 1. The maximum absolute atomic E-state index is 10.0. The Morgan fingerprint density at radius 1 is 1.73 bits per heavy atom. The second kappa shape index (κ2) is 3.01.